The Labute approximate surface area is 154 Å². The number of rotatable bonds is 5. The second-order valence-corrected chi connectivity index (χ2v) is 7.56. The van der Waals surface area contributed by atoms with Crippen LogP contribution in [0.2, 0.25) is 0 Å². The molecule has 0 saturated carbocycles. The van der Waals surface area contributed by atoms with Gasteiger partial charge in [-0.2, -0.15) is 5.10 Å². The molecule has 4 rings (SSSR count). The molecule has 0 fully saturated rings. The molecule has 7 heteroatoms. The predicted octanol–water partition coefficient (Wildman–Crippen LogP) is 3.39. The van der Waals surface area contributed by atoms with Crippen LogP contribution in [0.15, 0.2) is 29.1 Å². The Hall–Kier alpha value is -2.54. The molecule has 1 amide bonds. The monoisotopic (exact) mass is 368 g/mol. The highest BCUT2D eigenvalue weighted by Gasteiger charge is 2.21. The molecule has 0 atom stereocenters. The molecular weight excluding hydrogens is 348 g/mol. The summed E-state index contributed by atoms with van der Waals surface area (Å²) in [5.74, 6) is -0.320. The first kappa shape index (κ1) is 16.9. The van der Waals surface area contributed by atoms with Crippen molar-refractivity contribution >= 4 is 33.1 Å². The van der Waals surface area contributed by atoms with Crippen molar-refractivity contribution in [3.8, 4) is 0 Å². The van der Waals surface area contributed by atoms with Gasteiger partial charge in [-0.3, -0.25) is 14.9 Å². The minimum absolute atomic E-state index is 0.154. The molecule has 0 radical (unpaired) electrons. The van der Waals surface area contributed by atoms with Crippen LogP contribution in [-0.4, -0.2) is 20.7 Å². The lowest BCUT2D eigenvalue weighted by Crippen LogP contribution is -2.27. The molecule has 1 aliphatic carbocycles. The Balaban J connectivity index is 1.72. The van der Waals surface area contributed by atoms with Gasteiger partial charge in [0.1, 0.15) is 0 Å². The van der Waals surface area contributed by atoms with Gasteiger partial charge >= 0.3 is 0 Å². The number of fused-ring (bicyclic) bond motifs is 2. The molecule has 1 aromatic carbocycles. The van der Waals surface area contributed by atoms with Gasteiger partial charge < -0.3 is 0 Å². The standard InChI is InChI=1S/C19H20N4O2S/c1-2-3-11-23-18(25)13-8-5-4-7-12(13)16(22-23)17(24)21-19-20-14-9-6-10-15(14)26-19/h4-5,7-8H,2-3,6,9-11H2,1H3,(H,20,21,24). The molecule has 0 aliphatic heterocycles. The largest absolute Gasteiger partial charge is 0.296 e. The summed E-state index contributed by atoms with van der Waals surface area (Å²) in [6.45, 7) is 2.56. The molecule has 0 unspecified atom stereocenters. The zero-order chi connectivity index (χ0) is 18.1. The number of hydrogen-bond acceptors (Lipinski definition) is 5. The van der Waals surface area contributed by atoms with E-state index < -0.39 is 0 Å². The molecule has 0 spiro atoms. The van der Waals surface area contributed by atoms with Crippen molar-refractivity contribution in [1.29, 1.82) is 0 Å². The highest BCUT2D eigenvalue weighted by Crippen LogP contribution is 2.30. The first-order chi connectivity index (χ1) is 12.7. The van der Waals surface area contributed by atoms with Crippen LogP contribution in [0, 0.1) is 0 Å². The molecule has 3 aromatic rings. The van der Waals surface area contributed by atoms with Crippen molar-refractivity contribution in [3.63, 3.8) is 0 Å². The van der Waals surface area contributed by atoms with Crippen LogP contribution in [0.25, 0.3) is 10.8 Å². The van der Waals surface area contributed by atoms with Crippen LogP contribution >= 0.6 is 11.3 Å². The molecule has 2 heterocycles. The molecule has 6 nitrogen and oxygen atoms in total. The normalized spacial score (nSPS) is 13.1. The third-order valence-electron chi connectivity index (χ3n) is 4.62. The third-order valence-corrected chi connectivity index (χ3v) is 5.70. The zero-order valence-electron chi connectivity index (χ0n) is 14.6. The molecule has 134 valence electrons. The summed E-state index contributed by atoms with van der Waals surface area (Å²) < 4.78 is 1.41. The highest BCUT2D eigenvalue weighted by molar-refractivity contribution is 7.16. The lowest BCUT2D eigenvalue weighted by atomic mass is 10.1. The number of anilines is 1. The van der Waals surface area contributed by atoms with E-state index in [0.29, 0.717) is 22.4 Å². The van der Waals surface area contributed by atoms with Crippen molar-refractivity contribution in [1.82, 2.24) is 14.8 Å². The first-order valence-corrected chi connectivity index (χ1v) is 9.79. The number of carbonyl (C=O) groups excluding carboxylic acids is 1. The van der Waals surface area contributed by atoms with Crippen molar-refractivity contribution in [3.05, 3.63) is 50.9 Å². The van der Waals surface area contributed by atoms with Gasteiger partial charge in [0.15, 0.2) is 10.8 Å². The van der Waals surface area contributed by atoms with E-state index in [-0.39, 0.29) is 17.2 Å². The van der Waals surface area contributed by atoms with E-state index in [1.54, 1.807) is 18.2 Å². The van der Waals surface area contributed by atoms with E-state index in [0.717, 1.165) is 37.8 Å². The van der Waals surface area contributed by atoms with Crippen molar-refractivity contribution in [2.75, 3.05) is 5.32 Å². The van der Waals surface area contributed by atoms with Gasteiger partial charge in [0.05, 0.1) is 11.1 Å². The summed E-state index contributed by atoms with van der Waals surface area (Å²) in [7, 11) is 0. The van der Waals surface area contributed by atoms with Crippen LogP contribution in [0.3, 0.4) is 0 Å². The molecule has 0 saturated heterocycles. The Morgan fingerprint density at radius 3 is 2.85 bits per heavy atom. The molecule has 1 aliphatic rings. The summed E-state index contributed by atoms with van der Waals surface area (Å²) in [5.41, 5.74) is 1.21. The summed E-state index contributed by atoms with van der Waals surface area (Å²) in [5, 5.41) is 8.94. The number of nitrogens with zero attached hydrogens (tertiary/aromatic N) is 3. The quantitative estimate of drug-likeness (QED) is 0.749. The fraction of sp³-hybridized carbons (Fsp3) is 0.368. The third kappa shape index (κ3) is 3.03. The van der Waals surface area contributed by atoms with E-state index in [1.165, 1.54) is 20.9 Å². The number of aromatic nitrogens is 3. The fourth-order valence-electron chi connectivity index (χ4n) is 3.26. The van der Waals surface area contributed by atoms with Crippen LogP contribution in [0.1, 0.15) is 47.2 Å². The molecule has 1 N–H and O–H groups in total. The van der Waals surface area contributed by atoms with Gasteiger partial charge in [0.25, 0.3) is 11.5 Å². The predicted molar refractivity (Wildman–Crippen MR) is 103 cm³/mol. The van der Waals surface area contributed by atoms with Gasteiger partial charge in [0.2, 0.25) is 0 Å². The second-order valence-electron chi connectivity index (χ2n) is 6.47. The molecule has 2 aromatic heterocycles. The number of thiazole rings is 1. The van der Waals surface area contributed by atoms with Crippen molar-refractivity contribution in [2.24, 2.45) is 0 Å². The SMILES string of the molecule is CCCCn1nc(C(=O)Nc2nc3c(s2)CCC3)c2ccccc2c1=O. The number of hydrogen-bond donors (Lipinski definition) is 1. The van der Waals surface area contributed by atoms with Crippen LogP contribution in [0.4, 0.5) is 5.13 Å². The maximum absolute atomic E-state index is 12.9. The van der Waals surface area contributed by atoms with Gasteiger partial charge in [-0.05, 0) is 31.7 Å². The number of nitrogens with one attached hydrogen (secondary N) is 1. The van der Waals surface area contributed by atoms with Gasteiger partial charge in [-0.1, -0.05) is 31.5 Å². The van der Waals surface area contributed by atoms with Crippen LogP contribution < -0.4 is 10.9 Å². The number of amides is 1. The number of carbonyl (C=O) groups is 1. The maximum atomic E-state index is 12.9. The minimum Gasteiger partial charge on any atom is -0.296 e. The van der Waals surface area contributed by atoms with Crippen molar-refractivity contribution < 1.29 is 4.79 Å². The van der Waals surface area contributed by atoms with E-state index in [1.807, 2.05) is 6.07 Å². The highest BCUT2D eigenvalue weighted by atomic mass is 32.1. The lowest BCUT2D eigenvalue weighted by molar-refractivity contribution is 0.102. The first-order valence-electron chi connectivity index (χ1n) is 8.97. The van der Waals surface area contributed by atoms with Crippen molar-refractivity contribution in [2.45, 2.75) is 45.6 Å². The topological polar surface area (TPSA) is 76.9 Å². The summed E-state index contributed by atoms with van der Waals surface area (Å²) in [6, 6.07) is 7.14. The fourth-order valence-corrected chi connectivity index (χ4v) is 4.31. The van der Waals surface area contributed by atoms with E-state index in [4.69, 9.17) is 0 Å². The Morgan fingerprint density at radius 1 is 1.27 bits per heavy atom. The smallest absolute Gasteiger partial charge is 0.278 e. The maximum Gasteiger partial charge on any atom is 0.278 e. The lowest BCUT2D eigenvalue weighted by Gasteiger charge is -2.10. The number of unbranched alkanes of at least 4 members (excludes halogenated alkanes) is 1. The molecule has 26 heavy (non-hydrogen) atoms. The second kappa shape index (κ2) is 6.99. The number of benzene rings is 1. The number of aryl methyl sites for hydroxylation is 3. The van der Waals surface area contributed by atoms with Gasteiger partial charge in [0, 0.05) is 16.8 Å². The summed E-state index contributed by atoms with van der Waals surface area (Å²) in [4.78, 5) is 31.3. The summed E-state index contributed by atoms with van der Waals surface area (Å²) >= 11 is 1.53. The zero-order valence-corrected chi connectivity index (χ0v) is 15.4. The average molecular weight is 368 g/mol. The van der Waals surface area contributed by atoms with Gasteiger partial charge in [-0.15, -0.1) is 11.3 Å². The van der Waals surface area contributed by atoms with Crippen LogP contribution in [0.5, 0.6) is 0 Å². The average Bonchev–Trinajstić information content (AvgIpc) is 3.23. The van der Waals surface area contributed by atoms with Gasteiger partial charge in [-0.25, -0.2) is 9.67 Å². The molecular formula is C19H20N4O2S. The van der Waals surface area contributed by atoms with E-state index in [2.05, 4.69) is 22.3 Å². The minimum atomic E-state index is -0.320. The summed E-state index contributed by atoms with van der Waals surface area (Å²) in [6.07, 6.45) is 4.94. The Kier molecular flexibility index (Phi) is 4.55. The Morgan fingerprint density at radius 2 is 2.08 bits per heavy atom. The van der Waals surface area contributed by atoms with Crippen LogP contribution in [-0.2, 0) is 19.4 Å². The van der Waals surface area contributed by atoms with E-state index in [9.17, 15) is 9.59 Å². The Bertz CT molecular complexity index is 1020. The molecule has 0 bridgehead atoms. The van der Waals surface area contributed by atoms with E-state index >= 15 is 0 Å².